The van der Waals surface area contributed by atoms with Gasteiger partial charge in [-0.15, -0.1) is 0 Å². The van der Waals surface area contributed by atoms with Crippen LogP contribution in [0.15, 0.2) is 59.2 Å². The van der Waals surface area contributed by atoms with Gasteiger partial charge in [-0.25, -0.2) is 9.37 Å². The fourth-order valence-corrected chi connectivity index (χ4v) is 3.96. The lowest BCUT2D eigenvalue weighted by molar-refractivity contribution is 0.0983. The van der Waals surface area contributed by atoms with Gasteiger partial charge in [0.15, 0.2) is 5.13 Å². The van der Waals surface area contributed by atoms with Crippen molar-refractivity contribution < 1.29 is 18.3 Å². The maximum absolute atomic E-state index is 13.3. The van der Waals surface area contributed by atoms with E-state index >= 15 is 0 Å². The number of thiazole rings is 1. The van der Waals surface area contributed by atoms with Gasteiger partial charge in [-0.1, -0.05) is 17.4 Å². The molecule has 4 aromatic rings. The minimum atomic E-state index is -0.394. The Labute approximate surface area is 165 Å². The van der Waals surface area contributed by atoms with Crippen molar-refractivity contribution in [3.63, 3.8) is 0 Å². The molecule has 2 aromatic heterocycles. The van der Waals surface area contributed by atoms with Gasteiger partial charge in [0, 0.05) is 5.56 Å². The number of amides is 1. The van der Waals surface area contributed by atoms with Gasteiger partial charge in [0.2, 0.25) is 0 Å². The van der Waals surface area contributed by atoms with E-state index in [-0.39, 0.29) is 12.5 Å². The number of furan rings is 1. The van der Waals surface area contributed by atoms with Gasteiger partial charge in [-0.2, -0.15) is 0 Å². The number of hydrogen-bond acceptors (Lipinski definition) is 5. The van der Waals surface area contributed by atoms with Crippen molar-refractivity contribution in [2.75, 3.05) is 12.0 Å². The number of hydrogen-bond donors (Lipinski definition) is 0. The zero-order chi connectivity index (χ0) is 19.7. The fourth-order valence-electron chi connectivity index (χ4n) is 2.91. The number of carbonyl (C=O) groups excluding carboxylic acids is 1. The summed E-state index contributed by atoms with van der Waals surface area (Å²) in [4.78, 5) is 19.4. The summed E-state index contributed by atoms with van der Waals surface area (Å²) >= 11 is 1.41. The number of anilines is 1. The van der Waals surface area contributed by atoms with Crippen molar-refractivity contribution in [3.8, 4) is 5.75 Å². The Morgan fingerprint density at radius 2 is 2.00 bits per heavy atom. The number of aryl methyl sites for hydroxylation is 1. The van der Waals surface area contributed by atoms with Crippen LogP contribution in [0.1, 0.15) is 21.7 Å². The minimum Gasteiger partial charge on any atom is -0.494 e. The molecule has 2 aromatic carbocycles. The number of fused-ring (bicyclic) bond motifs is 1. The lowest BCUT2D eigenvalue weighted by Gasteiger charge is -2.18. The lowest BCUT2D eigenvalue weighted by atomic mass is 10.2. The maximum atomic E-state index is 13.3. The van der Waals surface area contributed by atoms with Gasteiger partial charge < -0.3 is 9.15 Å². The number of carbonyl (C=O) groups is 1. The minimum absolute atomic E-state index is 0.213. The zero-order valence-corrected chi connectivity index (χ0v) is 16.1. The van der Waals surface area contributed by atoms with E-state index in [2.05, 4.69) is 4.98 Å². The summed E-state index contributed by atoms with van der Waals surface area (Å²) in [6, 6.07) is 12.8. The molecule has 2 heterocycles. The quantitative estimate of drug-likeness (QED) is 0.466. The van der Waals surface area contributed by atoms with Crippen LogP contribution in [0.3, 0.4) is 0 Å². The van der Waals surface area contributed by atoms with Crippen LogP contribution < -0.4 is 9.64 Å². The first kappa shape index (κ1) is 18.2. The van der Waals surface area contributed by atoms with E-state index in [0.717, 1.165) is 10.3 Å². The molecule has 1 amide bonds. The summed E-state index contributed by atoms with van der Waals surface area (Å²) in [5.74, 6) is 0.593. The Hall–Kier alpha value is -3.19. The van der Waals surface area contributed by atoms with Crippen LogP contribution in [0.4, 0.5) is 9.52 Å². The van der Waals surface area contributed by atoms with Crippen LogP contribution in [0.5, 0.6) is 5.75 Å². The molecule has 0 saturated carbocycles. The first-order valence-electron chi connectivity index (χ1n) is 8.61. The van der Waals surface area contributed by atoms with E-state index in [4.69, 9.17) is 9.15 Å². The third-order valence-corrected chi connectivity index (χ3v) is 5.59. The second kappa shape index (κ2) is 7.44. The van der Waals surface area contributed by atoms with E-state index in [0.29, 0.717) is 27.7 Å². The van der Waals surface area contributed by atoms with Gasteiger partial charge in [-0.05, 0) is 55.0 Å². The highest BCUT2D eigenvalue weighted by molar-refractivity contribution is 7.22. The number of halogens is 1. The first-order valence-corrected chi connectivity index (χ1v) is 9.42. The van der Waals surface area contributed by atoms with E-state index < -0.39 is 5.82 Å². The molecule has 0 bridgehead atoms. The Morgan fingerprint density at radius 1 is 1.21 bits per heavy atom. The monoisotopic (exact) mass is 396 g/mol. The van der Waals surface area contributed by atoms with Crippen molar-refractivity contribution in [2.24, 2.45) is 0 Å². The molecule has 28 heavy (non-hydrogen) atoms. The van der Waals surface area contributed by atoms with Crippen molar-refractivity contribution in [2.45, 2.75) is 13.5 Å². The third kappa shape index (κ3) is 3.36. The van der Waals surface area contributed by atoms with Crippen LogP contribution in [0, 0.1) is 12.7 Å². The molecule has 142 valence electrons. The molecule has 0 aliphatic heterocycles. The highest BCUT2D eigenvalue weighted by atomic mass is 32.1. The first-order chi connectivity index (χ1) is 13.6. The maximum Gasteiger partial charge on any atom is 0.260 e. The number of nitrogens with zero attached hydrogens (tertiary/aromatic N) is 2. The number of benzene rings is 2. The molecular formula is C21H17FN2O3S. The summed E-state index contributed by atoms with van der Waals surface area (Å²) < 4.78 is 25.1. The van der Waals surface area contributed by atoms with Crippen molar-refractivity contribution in [1.29, 1.82) is 0 Å². The molecule has 4 rings (SSSR count). The SMILES string of the molecule is COc1ccc(C)c2sc(N(Cc3ccco3)C(=O)c3ccc(F)cc3)nc12. The molecule has 0 N–H and O–H groups in total. The van der Waals surface area contributed by atoms with Crippen molar-refractivity contribution in [3.05, 3.63) is 77.5 Å². The predicted octanol–water partition coefficient (Wildman–Crippen LogP) is 5.19. The van der Waals surface area contributed by atoms with Gasteiger partial charge in [0.1, 0.15) is 22.8 Å². The summed E-state index contributed by atoms with van der Waals surface area (Å²) in [6.07, 6.45) is 1.56. The molecule has 0 atom stereocenters. The molecule has 0 aliphatic rings. The summed E-state index contributed by atoms with van der Waals surface area (Å²) in [6.45, 7) is 2.20. The van der Waals surface area contributed by atoms with Crippen molar-refractivity contribution >= 4 is 32.6 Å². The van der Waals surface area contributed by atoms with Gasteiger partial charge in [0.05, 0.1) is 24.6 Å². The summed E-state index contributed by atoms with van der Waals surface area (Å²) in [5.41, 5.74) is 2.13. The Morgan fingerprint density at radius 3 is 2.68 bits per heavy atom. The van der Waals surface area contributed by atoms with E-state index in [1.807, 2.05) is 19.1 Å². The van der Waals surface area contributed by atoms with E-state index in [1.165, 1.54) is 40.5 Å². The number of methoxy groups -OCH3 is 1. The largest absolute Gasteiger partial charge is 0.494 e. The number of aromatic nitrogens is 1. The van der Waals surface area contributed by atoms with Gasteiger partial charge in [0.25, 0.3) is 5.91 Å². The molecule has 5 nitrogen and oxygen atoms in total. The highest BCUT2D eigenvalue weighted by Gasteiger charge is 2.24. The van der Waals surface area contributed by atoms with Crippen LogP contribution >= 0.6 is 11.3 Å². The summed E-state index contributed by atoms with van der Waals surface area (Å²) in [5, 5.41) is 0.522. The topological polar surface area (TPSA) is 55.6 Å². The molecular weight excluding hydrogens is 379 g/mol. The van der Waals surface area contributed by atoms with Crippen LogP contribution in [0.25, 0.3) is 10.2 Å². The van der Waals surface area contributed by atoms with Gasteiger partial charge >= 0.3 is 0 Å². The Balaban J connectivity index is 1.81. The smallest absolute Gasteiger partial charge is 0.260 e. The second-order valence-electron chi connectivity index (χ2n) is 6.24. The Bertz CT molecular complexity index is 1120. The van der Waals surface area contributed by atoms with E-state index in [9.17, 15) is 9.18 Å². The molecule has 0 aliphatic carbocycles. The highest BCUT2D eigenvalue weighted by Crippen LogP contribution is 2.37. The standard InChI is InChI=1S/C21H17FN2O3S/c1-13-5-10-17(26-2)18-19(13)28-21(23-18)24(12-16-4-3-11-27-16)20(25)14-6-8-15(22)9-7-14/h3-11H,12H2,1-2H3. The third-order valence-electron chi connectivity index (χ3n) is 4.37. The number of rotatable bonds is 5. The second-order valence-corrected chi connectivity index (χ2v) is 7.21. The van der Waals surface area contributed by atoms with Crippen LogP contribution in [0.2, 0.25) is 0 Å². The average molecular weight is 396 g/mol. The van der Waals surface area contributed by atoms with Crippen LogP contribution in [-0.4, -0.2) is 18.0 Å². The average Bonchev–Trinajstić information content (AvgIpc) is 3.37. The zero-order valence-electron chi connectivity index (χ0n) is 15.3. The summed E-state index contributed by atoms with van der Waals surface area (Å²) in [7, 11) is 1.59. The molecule has 0 radical (unpaired) electrons. The molecule has 0 fully saturated rings. The Kier molecular flexibility index (Phi) is 4.83. The fraction of sp³-hybridized carbons (Fsp3) is 0.143. The predicted molar refractivity (Wildman–Crippen MR) is 107 cm³/mol. The molecule has 0 saturated heterocycles. The normalized spacial score (nSPS) is 11.0. The molecule has 7 heteroatoms. The lowest BCUT2D eigenvalue weighted by Crippen LogP contribution is -2.30. The number of ether oxygens (including phenoxy) is 1. The molecule has 0 spiro atoms. The van der Waals surface area contributed by atoms with Crippen molar-refractivity contribution in [1.82, 2.24) is 4.98 Å². The van der Waals surface area contributed by atoms with E-state index in [1.54, 1.807) is 25.5 Å². The molecule has 0 unspecified atom stereocenters. The van der Waals surface area contributed by atoms with Gasteiger partial charge in [-0.3, -0.25) is 9.69 Å². The van der Waals surface area contributed by atoms with Crippen LogP contribution in [-0.2, 0) is 6.54 Å².